The highest BCUT2D eigenvalue weighted by molar-refractivity contribution is 5.37. The maximum atomic E-state index is 12.5. The van der Waals surface area contributed by atoms with E-state index in [1.807, 2.05) is 49.5 Å². The van der Waals surface area contributed by atoms with Crippen molar-refractivity contribution < 1.29 is 4.74 Å². The van der Waals surface area contributed by atoms with Crippen molar-refractivity contribution in [2.24, 2.45) is 5.92 Å². The van der Waals surface area contributed by atoms with E-state index in [4.69, 9.17) is 4.74 Å². The molecule has 0 bridgehead atoms. The zero-order valence-electron chi connectivity index (χ0n) is 15.3. The summed E-state index contributed by atoms with van der Waals surface area (Å²) in [5.41, 5.74) is 2.87. The van der Waals surface area contributed by atoms with Gasteiger partial charge in [0, 0.05) is 35.6 Å². The van der Waals surface area contributed by atoms with Crippen molar-refractivity contribution >= 4 is 0 Å². The molecule has 3 aromatic rings. The van der Waals surface area contributed by atoms with Gasteiger partial charge >= 0.3 is 0 Å². The average molecular weight is 359 g/mol. The van der Waals surface area contributed by atoms with Crippen LogP contribution in [0.3, 0.4) is 0 Å². The Hall–Kier alpha value is -3.26. The molecule has 0 atom stereocenters. The molecule has 5 heteroatoms. The largest absolute Gasteiger partial charge is 0.471 e. The summed E-state index contributed by atoms with van der Waals surface area (Å²) in [6, 6.07) is 13.3. The van der Waals surface area contributed by atoms with Crippen LogP contribution in [0.15, 0.2) is 59.7 Å². The second kappa shape index (κ2) is 7.55. The van der Waals surface area contributed by atoms with Crippen LogP contribution in [0.2, 0.25) is 0 Å². The predicted octanol–water partition coefficient (Wildman–Crippen LogP) is 3.20. The Morgan fingerprint density at radius 3 is 2.70 bits per heavy atom. The highest BCUT2D eigenvalue weighted by Crippen LogP contribution is 2.27. The summed E-state index contributed by atoms with van der Waals surface area (Å²) in [5, 5.41) is 4.08. The lowest BCUT2D eigenvalue weighted by Crippen LogP contribution is -2.22. The van der Waals surface area contributed by atoms with Gasteiger partial charge in [-0.05, 0) is 49.6 Å². The van der Waals surface area contributed by atoms with E-state index in [0.717, 1.165) is 16.8 Å². The van der Waals surface area contributed by atoms with E-state index in [2.05, 4.69) is 16.9 Å². The Bertz CT molecular complexity index is 1030. The molecule has 5 nitrogen and oxygen atoms in total. The molecule has 2 heterocycles. The molecule has 4 rings (SSSR count). The zero-order chi connectivity index (χ0) is 18.6. The van der Waals surface area contributed by atoms with Crippen molar-refractivity contribution in [1.82, 2.24) is 14.3 Å². The second-order valence-electron chi connectivity index (χ2n) is 6.82. The van der Waals surface area contributed by atoms with Gasteiger partial charge in [0.2, 0.25) is 0 Å². The number of aryl methyl sites for hydroxylation is 1. The van der Waals surface area contributed by atoms with Gasteiger partial charge < -0.3 is 9.30 Å². The van der Waals surface area contributed by atoms with Crippen molar-refractivity contribution in [3.8, 4) is 17.6 Å². The van der Waals surface area contributed by atoms with Gasteiger partial charge in [-0.3, -0.25) is 4.79 Å². The van der Waals surface area contributed by atoms with Crippen LogP contribution in [0.1, 0.15) is 29.7 Å². The molecular weight excluding hydrogens is 338 g/mol. The molecule has 0 unspecified atom stereocenters. The first-order valence-corrected chi connectivity index (χ1v) is 9.09. The number of hydrogen-bond donors (Lipinski definition) is 0. The quantitative estimate of drug-likeness (QED) is 0.658. The summed E-state index contributed by atoms with van der Waals surface area (Å²) in [6.07, 6.45) is 5.96. The van der Waals surface area contributed by atoms with Crippen LogP contribution in [-0.4, -0.2) is 14.3 Å². The molecule has 0 radical (unpaired) electrons. The van der Waals surface area contributed by atoms with Crippen LogP contribution in [0.4, 0.5) is 0 Å². The van der Waals surface area contributed by atoms with Gasteiger partial charge in [-0.2, -0.15) is 5.10 Å². The third-order valence-electron chi connectivity index (χ3n) is 4.52. The van der Waals surface area contributed by atoms with Gasteiger partial charge in [0.15, 0.2) is 6.73 Å². The van der Waals surface area contributed by atoms with Crippen molar-refractivity contribution in [3.05, 3.63) is 82.0 Å². The van der Waals surface area contributed by atoms with E-state index in [-0.39, 0.29) is 12.3 Å². The predicted molar refractivity (Wildman–Crippen MR) is 103 cm³/mol. The molecule has 27 heavy (non-hydrogen) atoms. The van der Waals surface area contributed by atoms with Crippen LogP contribution in [-0.2, 0) is 13.3 Å². The molecule has 0 saturated heterocycles. The molecule has 1 aromatic carbocycles. The standard InChI is InChI=1S/C22H21N3O2/c1-17-13-21(27-16-24-12-2-11-23-24)14-22(26)25(17)15-20-9-7-19(8-10-20)6-5-18-3-4-18/h2,7-14,18H,3-4,15-16H2,1H3. The van der Waals surface area contributed by atoms with Crippen LogP contribution in [0.25, 0.3) is 0 Å². The van der Waals surface area contributed by atoms with E-state index < -0.39 is 0 Å². The van der Waals surface area contributed by atoms with Crippen molar-refractivity contribution in [3.63, 3.8) is 0 Å². The van der Waals surface area contributed by atoms with E-state index in [1.165, 1.54) is 18.9 Å². The number of rotatable bonds is 5. The Kier molecular flexibility index (Phi) is 4.80. The normalized spacial score (nSPS) is 13.1. The highest BCUT2D eigenvalue weighted by Gasteiger charge is 2.17. The number of pyridine rings is 1. The first-order valence-electron chi connectivity index (χ1n) is 9.09. The summed E-state index contributed by atoms with van der Waals surface area (Å²) < 4.78 is 9.06. The number of nitrogens with zero attached hydrogens (tertiary/aromatic N) is 3. The van der Waals surface area contributed by atoms with Crippen LogP contribution in [0.5, 0.6) is 5.75 Å². The Labute approximate surface area is 158 Å². The molecule has 136 valence electrons. The molecule has 0 N–H and O–H groups in total. The fourth-order valence-corrected chi connectivity index (χ4v) is 2.79. The van der Waals surface area contributed by atoms with E-state index >= 15 is 0 Å². The van der Waals surface area contributed by atoms with Crippen molar-refractivity contribution in [1.29, 1.82) is 0 Å². The van der Waals surface area contributed by atoms with Crippen LogP contribution in [0, 0.1) is 24.7 Å². The smallest absolute Gasteiger partial charge is 0.254 e. The molecule has 1 fully saturated rings. The van der Waals surface area contributed by atoms with E-state index in [0.29, 0.717) is 18.2 Å². The van der Waals surface area contributed by atoms with Crippen molar-refractivity contribution in [2.75, 3.05) is 0 Å². The van der Waals surface area contributed by atoms with Gasteiger partial charge in [0.25, 0.3) is 5.56 Å². The van der Waals surface area contributed by atoms with Gasteiger partial charge in [-0.15, -0.1) is 0 Å². The lowest BCUT2D eigenvalue weighted by Gasteiger charge is -2.13. The molecule has 1 aliphatic carbocycles. The summed E-state index contributed by atoms with van der Waals surface area (Å²) in [6.45, 7) is 2.72. The Morgan fingerprint density at radius 2 is 2.04 bits per heavy atom. The zero-order valence-corrected chi connectivity index (χ0v) is 15.3. The molecule has 0 amide bonds. The van der Waals surface area contributed by atoms with E-state index in [1.54, 1.807) is 15.4 Å². The van der Waals surface area contributed by atoms with Crippen molar-refractivity contribution in [2.45, 2.75) is 33.0 Å². The summed E-state index contributed by atoms with van der Waals surface area (Å²) in [7, 11) is 0. The molecule has 2 aromatic heterocycles. The first kappa shape index (κ1) is 17.2. The Balaban J connectivity index is 1.45. The lowest BCUT2D eigenvalue weighted by molar-refractivity contribution is 0.220. The van der Waals surface area contributed by atoms with Crippen LogP contribution < -0.4 is 10.3 Å². The van der Waals surface area contributed by atoms with Gasteiger partial charge in [0.1, 0.15) is 5.75 Å². The monoisotopic (exact) mass is 359 g/mol. The third-order valence-corrected chi connectivity index (χ3v) is 4.52. The third kappa shape index (κ3) is 4.48. The number of aromatic nitrogens is 3. The number of hydrogen-bond acceptors (Lipinski definition) is 3. The molecule has 1 saturated carbocycles. The molecule has 0 spiro atoms. The lowest BCUT2D eigenvalue weighted by atomic mass is 10.1. The summed E-state index contributed by atoms with van der Waals surface area (Å²) >= 11 is 0. The molecular formula is C22H21N3O2. The number of ether oxygens (including phenoxy) is 1. The first-order chi connectivity index (χ1) is 13.2. The minimum Gasteiger partial charge on any atom is -0.471 e. The average Bonchev–Trinajstić information content (AvgIpc) is 3.35. The van der Waals surface area contributed by atoms with E-state index in [9.17, 15) is 4.79 Å². The fraction of sp³-hybridized carbons (Fsp3) is 0.273. The van der Waals surface area contributed by atoms with Gasteiger partial charge in [-0.1, -0.05) is 24.0 Å². The molecule has 0 aliphatic heterocycles. The maximum Gasteiger partial charge on any atom is 0.254 e. The fourth-order valence-electron chi connectivity index (χ4n) is 2.79. The second-order valence-corrected chi connectivity index (χ2v) is 6.82. The minimum atomic E-state index is -0.0805. The summed E-state index contributed by atoms with van der Waals surface area (Å²) in [5.74, 6) is 7.62. The Morgan fingerprint density at radius 1 is 1.22 bits per heavy atom. The number of benzene rings is 1. The topological polar surface area (TPSA) is 49.1 Å². The SMILES string of the molecule is Cc1cc(OCn2cccn2)cc(=O)n1Cc1ccc(C#CC2CC2)cc1. The maximum absolute atomic E-state index is 12.5. The van der Waals surface area contributed by atoms with Crippen LogP contribution >= 0.6 is 0 Å². The van der Waals surface area contributed by atoms with Gasteiger partial charge in [-0.25, -0.2) is 4.68 Å². The highest BCUT2D eigenvalue weighted by atomic mass is 16.5. The minimum absolute atomic E-state index is 0.0805. The molecule has 1 aliphatic rings. The summed E-state index contributed by atoms with van der Waals surface area (Å²) in [4.78, 5) is 12.5. The van der Waals surface area contributed by atoms with Gasteiger partial charge in [0.05, 0.1) is 6.54 Å².